The molecule has 0 bridgehead atoms. The second-order valence-corrected chi connectivity index (χ2v) is 39.2. The van der Waals surface area contributed by atoms with Crippen LogP contribution in [-0.4, -0.2) is 24.5 Å². The fourth-order valence-electron chi connectivity index (χ4n) is 18.3. The first-order valence-corrected chi connectivity index (χ1v) is 18.0. The van der Waals surface area contributed by atoms with Crippen molar-refractivity contribution in [3.05, 3.63) is 23.2 Å². The van der Waals surface area contributed by atoms with Gasteiger partial charge in [0, 0.05) is 0 Å². The van der Waals surface area contributed by atoms with Gasteiger partial charge in [0.05, 0.1) is 0 Å². The van der Waals surface area contributed by atoms with Crippen molar-refractivity contribution in [1.82, 2.24) is 15.0 Å². The SMILES string of the molecule is CC=C(C)[SiH2]C(CC)c1cn([C]23[CH]4[CH]5[CH]6[CH]2[Fe]56432789[CH]3[CH]2[CH]7[CH]8[CH]39)nn1. The maximum absolute atomic E-state index is 4.92. The molecule has 10 saturated heterocycles. The Balaban J connectivity index is 1.15. The van der Waals surface area contributed by atoms with E-state index in [0.29, 0.717) is 5.54 Å². The monoisotopic (exact) mass is 379 g/mol. The van der Waals surface area contributed by atoms with Crippen LogP contribution in [0.3, 0.4) is 0 Å². The van der Waals surface area contributed by atoms with Gasteiger partial charge in [0.15, 0.2) is 0 Å². The third-order valence-corrected chi connectivity index (χ3v) is 62.1. The number of aromatic nitrogens is 3. The molecule has 128 valence electrons. The molecule has 10 aliphatic heterocycles. The first-order valence-electron chi connectivity index (χ1n) is 10.2. The van der Waals surface area contributed by atoms with Crippen molar-refractivity contribution in [2.24, 2.45) is 0 Å². The Hall–Kier alpha value is -0.384. The predicted molar refractivity (Wildman–Crippen MR) is 92.8 cm³/mol. The molecule has 10 aliphatic rings. The zero-order chi connectivity index (χ0) is 15.6. The zero-order valence-electron chi connectivity index (χ0n) is 14.5. The number of rotatable bonds is 5. The molecule has 5 unspecified atom stereocenters. The van der Waals surface area contributed by atoms with Gasteiger partial charge in [-0.2, -0.15) is 0 Å². The fraction of sp³-hybridized carbons (Fsp3) is 0.789. The summed E-state index contributed by atoms with van der Waals surface area (Å²) in [6.07, 6.45) is 6.08. The summed E-state index contributed by atoms with van der Waals surface area (Å²) < 4.78 is 3.33. The summed E-state index contributed by atoms with van der Waals surface area (Å²) in [7, 11) is -0.214. The third kappa shape index (κ3) is 0.160. The molecular weight excluding hydrogens is 354 g/mol. The number of nitrogens with zero attached hydrogens (tertiary/aromatic N) is 3. The molecule has 0 radical (unpaired) electrons. The maximum atomic E-state index is 4.92. The second kappa shape index (κ2) is 1.16. The number of fused-ring (bicyclic) bond motifs is 10. The second-order valence-electron chi connectivity index (χ2n) is 13.2. The molecule has 1 aromatic rings. The molecule has 11 heterocycles. The van der Waals surface area contributed by atoms with Gasteiger partial charge < -0.3 is 0 Å². The van der Waals surface area contributed by atoms with Crippen molar-refractivity contribution in [3.8, 4) is 0 Å². The van der Waals surface area contributed by atoms with E-state index in [1.807, 2.05) is 0 Å². The molecule has 10 fully saturated rings. The zero-order valence-corrected chi connectivity index (χ0v) is 17.1. The molecule has 5 heteroatoms. The molecule has 0 amide bonds. The Morgan fingerprint density at radius 2 is 1.88 bits per heavy atom. The third-order valence-electron chi connectivity index (χ3n) is 17.4. The summed E-state index contributed by atoms with van der Waals surface area (Å²) in [4.78, 5) is 12.2. The molecule has 3 nitrogen and oxygen atoms in total. The Kier molecular flexibility index (Phi) is 0.515. The molecule has 1 spiro atoms. The Morgan fingerprint density at radius 3 is 2.29 bits per heavy atom. The van der Waals surface area contributed by atoms with E-state index in [0.717, 1.165) is 4.44 Å². The van der Waals surface area contributed by atoms with Crippen LogP contribution < -0.4 is 0 Å². The molecule has 1 aromatic heterocycles. The van der Waals surface area contributed by atoms with E-state index in [2.05, 4.69) is 37.7 Å². The van der Waals surface area contributed by atoms with Crippen LogP contribution in [-0.2, 0) is 10.9 Å². The molecule has 0 N–H and O–H groups in total. The number of hydrogen-bond donors (Lipinski definition) is 0. The molecule has 11 rings (SSSR count). The number of hydrogen-bond acceptors (Lipinski definition) is 2. The molecule has 0 aromatic carbocycles. The van der Waals surface area contributed by atoms with Crippen LogP contribution >= 0.6 is 0 Å². The first kappa shape index (κ1) is 10.7. The van der Waals surface area contributed by atoms with Crippen molar-refractivity contribution in [2.45, 2.75) is 80.5 Å². The topological polar surface area (TPSA) is 30.7 Å². The molecular formula is C19H25FeN3Si. The van der Waals surface area contributed by atoms with E-state index < -0.39 is 6.51 Å². The van der Waals surface area contributed by atoms with E-state index >= 15 is 0 Å². The molecule has 24 heavy (non-hydrogen) atoms. The Bertz CT molecular complexity index is 1260. The van der Waals surface area contributed by atoms with Gasteiger partial charge in [0.2, 0.25) is 0 Å². The average molecular weight is 379 g/mol. The van der Waals surface area contributed by atoms with Crippen molar-refractivity contribution in [3.63, 3.8) is 0 Å². The van der Waals surface area contributed by atoms with Crippen LogP contribution in [0.5, 0.6) is 0 Å². The van der Waals surface area contributed by atoms with E-state index in [4.69, 9.17) is 10.3 Å². The van der Waals surface area contributed by atoms with Crippen LogP contribution in [0.25, 0.3) is 0 Å². The summed E-state index contributed by atoms with van der Waals surface area (Å²) in [5.41, 5.74) is 2.07. The van der Waals surface area contributed by atoms with Gasteiger partial charge in [-0.1, -0.05) is 0 Å². The normalized spacial score (nSPS) is 90.6. The van der Waals surface area contributed by atoms with Gasteiger partial charge in [0.25, 0.3) is 0 Å². The molecule has 5 atom stereocenters. The van der Waals surface area contributed by atoms with Crippen LogP contribution in [0.15, 0.2) is 17.5 Å². The predicted octanol–water partition coefficient (Wildman–Crippen LogP) is 4.08. The van der Waals surface area contributed by atoms with Crippen molar-refractivity contribution < 1.29 is 6.51 Å². The molecule has 0 aliphatic carbocycles. The van der Waals surface area contributed by atoms with Gasteiger partial charge in [-0.3, -0.25) is 0 Å². The Labute approximate surface area is 134 Å². The van der Waals surface area contributed by atoms with Crippen LogP contribution in [0, 0.1) is 0 Å². The summed E-state index contributed by atoms with van der Waals surface area (Å²) in [5, 5.41) is 11.4. The minimum absolute atomic E-state index is 0.214. The van der Waals surface area contributed by atoms with Crippen molar-refractivity contribution in [1.29, 1.82) is 0 Å². The summed E-state index contributed by atoms with van der Waals surface area (Å²) in [6, 6.07) is 0. The molecule has 0 saturated carbocycles. The van der Waals surface area contributed by atoms with Gasteiger partial charge in [-0.15, -0.1) is 0 Å². The van der Waals surface area contributed by atoms with Crippen LogP contribution in [0.4, 0.5) is 0 Å². The van der Waals surface area contributed by atoms with E-state index in [-0.39, 0.29) is 9.52 Å². The minimum atomic E-state index is -3.06. The van der Waals surface area contributed by atoms with Gasteiger partial charge >= 0.3 is 135 Å². The van der Waals surface area contributed by atoms with E-state index in [9.17, 15) is 0 Å². The average Bonchev–Trinajstić information content (AvgIpc) is 3.49. The van der Waals surface area contributed by atoms with Gasteiger partial charge in [-0.25, -0.2) is 0 Å². The van der Waals surface area contributed by atoms with Crippen LogP contribution in [0.2, 0.25) is 43.3 Å². The fourth-order valence-corrected chi connectivity index (χ4v) is 93.4. The van der Waals surface area contributed by atoms with Crippen molar-refractivity contribution >= 4 is 9.52 Å². The first-order chi connectivity index (χ1) is 11.4. The quantitative estimate of drug-likeness (QED) is 0.722. The van der Waals surface area contributed by atoms with E-state index in [1.54, 1.807) is 5.20 Å². The van der Waals surface area contributed by atoms with Crippen molar-refractivity contribution in [2.75, 3.05) is 0 Å². The standard InChI is InChI=1S/C14H20N3Si.C5H5.Fe/c1-4-11(3)18-14(5-2)13-10-17(16-15-13)12-8-6-7-9-12;1-2-4-5-3-1;/h4,6-10,14H,5,18H2,1-3H3;1-5H;. The van der Waals surface area contributed by atoms with Gasteiger partial charge in [-0.05, 0) is 0 Å². The van der Waals surface area contributed by atoms with Crippen LogP contribution in [0.1, 0.15) is 38.4 Å². The summed E-state index contributed by atoms with van der Waals surface area (Å²) in [5.74, 6) is 0. The van der Waals surface area contributed by atoms with E-state index in [1.165, 1.54) is 55.5 Å². The van der Waals surface area contributed by atoms with Gasteiger partial charge in [0.1, 0.15) is 0 Å². The summed E-state index contributed by atoms with van der Waals surface area (Å²) >= 11 is 0. The summed E-state index contributed by atoms with van der Waals surface area (Å²) in [6.45, 7) is 3.81. The Morgan fingerprint density at radius 1 is 1.25 bits per heavy atom. The number of allylic oxidation sites excluding steroid dienone is 2.